The molecule has 1 aliphatic carbocycles. The third-order valence-electron chi connectivity index (χ3n) is 3.99. The van der Waals surface area contributed by atoms with Crippen LogP contribution in [0.4, 0.5) is 13.2 Å². The first-order chi connectivity index (χ1) is 9.71. The maximum absolute atomic E-state index is 12.1. The average Bonchev–Trinajstić information content (AvgIpc) is 2.28. The summed E-state index contributed by atoms with van der Waals surface area (Å²) in [7, 11) is 0. The lowest BCUT2D eigenvalue weighted by Gasteiger charge is -2.43. The van der Waals surface area contributed by atoms with Crippen LogP contribution in [0.2, 0.25) is 0 Å². The van der Waals surface area contributed by atoms with Crippen LogP contribution in [0.3, 0.4) is 0 Å². The number of carbonyl (C=O) groups is 1. The van der Waals surface area contributed by atoms with E-state index in [1.807, 2.05) is 18.7 Å². The van der Waals surface area contributed by atoms with Gasteiger partial charge >= 0.3 is 12.1 Å². The highest BCUT2D eigenvalue weighted by molar-refractivity contribution is 5.69. The van der Waals surface area contributed by atoms with Gasteiger partial charge in [0.1, 0.15) is 0 Å². The van der Waals surface area contributed by atoms with Crippen molar-refractivity contribution < 1.29 is 23.1 Å². The van der Waals surface area contributed by atoms with Gasteiger partial charge in [-0.25, -0.2) is 0 Å². The number of nitrogens with zero attached hydrogens (tertiary/aromatic N) is 1. The SMILES string of the molecule is CCN(CC(=O)O)C1CC(NC(C)CCCC(F)(F)F)C1. The molecule has 1 saturated carbocycles. The maximum atomic E-state index is 12.1. The number of aliphatic carboxylic acids is 1. The van der Waals surface area contributed by atoms with Gasteiger partial charge in [0.25, 0.3) is 0 Å². The summed E-state index contributed by atoms with van der Waals surface area (Å²) in [5, 5.41) is 12.1. The van der Waals surface area contributed by atoms with E-state index in [0.29, 0.717) is 19.0 Å². The van der Waals surface area contributed by atoms with Crippen LogP contribution < -0.4 is 5.32 Å². The molecule has 0 aromatic heterocycles. The number of hydrogen-bond donors (Lipinski definition) is 2. The Morgan fingerprint density at radius 2 is 2.05 bits per heavy atom. The van der Waals surface area contributed by atoms with E-state index >= 15 is 0 Å². The molecule has 0 radical (unpaired) electrons. The van der Waals surface area contributed by atoms with E-state index in [1.165, 1.54) is 0 Å². The molecule has 124 valence electrons. The molecular formula is C14H25F3N2O2. The lowest BCUT2D eigenvalue weighted by Crippen LogP contribution is -2.55. The third kappa shape index (κ3) is 7.13. The molecule has 1 fully saturated rings. The molecule has 0 aliphatic heterocycles. The summed E-state index contributed by atoms with van der Waals surface area (Å²) in [4.78, 5) is 12.6. The van der Waals surface area contributed by atoms with E-state index in [1.54, 1.807) is 0 Å². The second kappa shape index (κ2) is 7.98. The van der Waals surface area contributed by atoms with Gasteiger partial charge in [-0.3, -0.25) is 9.69 Å². The zero-order valence-corrected chi connectivity index (χ0v) is 12.6. The molecule has 0 amide bonds. The second-order valence-electron chi connectivity index (χ2n) is 5.85. The molecule has 21 heavy (non-hydrogen) atoms. The predicted octanol–water partition coefficient (Wildman–Crippen LogP) is 2.63. The standard InChI is InChI=1S/C14H25F3N2O2/c1-3-19(9-13(20)21)12-7-11(8-12)18-10(2)5-4-6-14(15,16)17/h10-12,18H,3-9H2,1-2H3,(H,20,21). The topological polar surface area (TPSA) is 52.6 Å². The van der Waals surface area contributed by atoms with Crippen molar-refractivity contribution >= 4 is 5.97 Å². The number of carboxylic acid groups (broad SMARTS) is 1. The first-order valence-electron chi connectivity index (χ1n) is 7.50. The monoisotopic (exact) mass is 310 g/mol. The lowest BCUT2D eigenvalue weighted by molar-refractivity contribution is -0.139. The van der Waals surface area contributed by atoms with E-state index in [-0.39, 0.29) is 25.0 Å². The van der Waals surface area contributed by atoms with Crippen LogP contribution >= 0.6 is 0 Å². The van der Waals surface area contributed by atoms with Crippen molar-refractivity contribution in [3.63, 3.8) is 0 Å². The van der Waals surface area contributed by atoms with Gasteiger partial charge in [-0.2, -0.15) is 13.2 Å². The summed E-state index contributed by atoms with van der Waals surface area (Å²) in [6.45, 7) is 4.59. The number of rotatable bonds is 9. The Balaban J connectivity index is 2.17. The fraction of sp³-hybridized carbons (Fsp3) is 0.929. The van der Waals surface area contributed by atoms with Crippen molar-refractivity contribution in [2.75, 3.05) is 13.1 Å². The fourth-order valence-electron chi connectivity index (χ4n) is 2.79. The summed E-state index contributed by atoms with van der Waals surface area (Å²) in [5.41, 5.74) is 0. The van der Waals surface area contributed by atoms with Gasteiger partial charge in [0, 0.05) is 24.5 Å². The van der Waals surface area contributed by atoms with Crippen LogP contribution in [-0.4, -0.2) is 53.4 Å². The van der Waals surface area contributed by atoms with Crippen molar-refractivity contribution in [1.82, 2.24) is 10.2 Å². The molecule has 0 bridgehead atoms. The van der Waals surface area contributed by atoms with Crippen LogP contribution in [0, 0.1) is 0 Å². The van der Waals surface area contributed by atoms with Gasteiger partial charge < -0.3 is 10.4 Å². The van der Waals surface area contributed by atoms with Gasteiger partial charge in [0.2, 0.25) is 0 Å². The molecule has 0 spiro atoms. The highest BCUT2D eigenvalue weighted by Gasteiger charge is 2.34. The summed E-state index contributed by atoms with van der Waals surface area (Å²) in [5.74, 6) is -0.825. The predicted molar refractivity (Wildman–Crippen MR) is 74.2 cm³/mol. The Kier molecular flexibility index (Phi) is 6.93. The number of carboxylic acids is 1. The summed E-state index contributed by atoms with van der Waals surface area (Å²) in [6.07, 6.45) is -2.41. The minimum absolute atomic E-state index is 0.0506. The number of alkyl halides is 3. The van der Waals surface area contributed by atoms with Gasteiger partial charge in [-0.1, -0.05) is 6.92 Å². The van der Waals surface area contributed by atoms with Crippen molar-refractivity contribution in [1.29, 1.82) is 0 Å². The van der Waals surface area contributed by atoms with E-state index in [0.717, 1.165) is 12.8 Å². The van der Waals surface area contributed by atoms with E-state index in [2.05, 4.69) is 5.32 Å². The van der Waals surface area contributed by atoms with Crippen LogP contribution in [0.25, 0.3) is 0 Å². The van der Waals surface area contributed by atoms with Crippen LogP contribution in [0.1, 0.15) is 46.0 Å². The molecule has 1 atom stereocenters. The minimum Gasteiger partial charge on any atom is -0.480 e. The summed E-state index contributed by atoms with van der Waals surface area (Å²) >= 11 is 0. The van der Waals surface area contributed by atoms with Crippen molar-refractivity contribution in [3.8, 4) is 0 Å². The lowest BCUT2D eigenvalue weighted by atomic mass is 9.84. The molecular weight excluding hydrogens is 285 g/mol. The van der Waals surface area contributed by atoms with Crippen molar-refractivity contribution in [3.05, 3.63) is 0 Å². The highest BCUT2D eigenvalue weighted by atomic mass is 19.4. The van der Waals surface area contributed by atoms with Gasteiger partial charge in [-0.05, 0) is 39.2 Å². The quantitative estimate of drug-likeness (QED) is 0.687. The zero-order valence-electron chi connectivity index (χ0n) is 12.6. The number of likely N-dealkylation sites (N-methyl/N-ethyl adjacent to an activating group) is 1. The van der Waals surface area contributed by atoms with E-state index < -0.39 is 18.6 Å². The molecule has 0 saturated heterocycles. The van der Waals surface area contributed by atoms with E-state index in [4.69, 9.17) is 5.11 Å². The number of nitrogens with one attached hydrogen (secondary N) is 1. The molecule has 1 unspecified atom stereocenters. The Labute approximate surface area is 123 Å². The largest absolute Gasteiger partial charge is 0.480 e. The third-order valence-corrected chi connectivity index (χ3v) is 3.99. The Morgan fingerprint density at radius 1 is 1.43 bits per heavy atom. The molecule has 1 aliphatic rings. The Bertz CT molecular complexity index is 331. The summed E-state index contributed by atoms with van der Waals surface area (Å²) in [6, 6.07) is 0.623. The average molecular weight is 310 g/mol. The van der Waals surface area contributed by atoms with Crippen LogP contribution in [0.15, 0.2) is 0 Å². The molecule has 1 rings (SSSR count). The molecule has 7 heteroatoms. The molecule has 0 heterocycles. The Morgan fingerprint density at radius 3 is 2.52 bits per heavy atom. The second-order valence-corrected chi connectivity index (χ2v) is 5.85. The van der Waals surface area contributed by atoms with Gasteiger partial charge in [-0.15, -0.1) is 0 Å². The van der Waals surface area contributed by atoms with Crippen LogP contribution in [-0.2, 0) is 4.79 Å². The molecule has 4 nitrogen and oxygen atoms in total. The molecule has 0 aromatic rings. The summed E-state index contributed by atoms with van der Waals surface area (Å²) < 4.78 is 36.2. The number of halogens is 3. The maximum Gasteiger partial charge on any atom is 0.389 e. The number of hydrogen-bond acceptors (Lipinski definition) is 3. The molecule has 2 N–H and O–H groups in total. The normalized spacial score (nSPS) is 23.9. The van der Waals surface area contributed by atoms with Crippen molar-refractivity contribution in [2.45, 2.75) is 70.3 Å². The smallest absolute Gasteiger partial charge is 0.389 e. The van der Waals surface area contributed by atoms with E-state index in [9.17, 15) is 18.0 Å². The minimum atomic E-state index is -4.07. The first-order valence-corrected chi connectivity index (χ1v) is 7.50. The van der Waals surface area contributed by atoms with Crippen LogP contribution in [0.5, 0.6) is 0 Å². The Hall–Kier alpha value is -0.820. The highest BCUT2D eigenvalue weighted by Crippen LogP contribution is 2.27. The zero-order chi connectivity index (χ0) is 16.0. The molecule has 0 aromatic carbocycles. The fourth-order valence-corrected chi connectivity index (χ4v) is 2.79. The van der Waals surface area contributed by atoms with Crippen molar-refractivity contribution in [2.24, 2.45) is 0 Å². The van der Waals surface area contributed by atoms with Gasteiger partial charge in [0.15, 0.2) is 0 Å². The first kappa shape index (κ1) is 18.2. The van der Waals surface area contributed by atoms with Gasteiger partial charge in [0.05, 0.1) is 6.54 Å².